The Hall–Kier alpha value is -3.62. The molecule has 2 atom stereocenters. The molecule has 182 valence electrons. The third-order valence-corrected chi connectivity index (χ3v) is 6.42. The van der Waals surface area contributed by atoms with Gasteiger partial charge in [0.2, 0.25) is 12.7 Å². The van der Waals surface area contributed by atoms with E-state index in [1.54, 1.807) is 37.3 Å². The van der Waals surface area contributed by atoms with Gasteiger partial charge in [-0.1, -0.05) is 20.3 Å². The lowest BCUT2D eigenvalue weighted by molar-refractivity contribution is -0.119. The van der Waals surface area contributed by atoms with E-state index in [-0.39, 0.29) is 24.6 Å². The Morgan fingerprint density at radius 3 is 2.47 bits per heavy atom. The van der Waals surface area contributed by atoms with Crippen LogP contribution in [0.1, 0.15) is 31.4 Å². The highest BCUT2D eigenvalue weighted by molar-refractivity contribution is 5.97. The Balaban J connectivity index is 1.45. The van der Waals surface area contributed by atoms with E-state index in [1.165, 1.54) is 0 Å². The molecular formula is C25H31N3O6. The third-order valence-electron chi connectivity index (χ3n) is 6.42. The molecule has 9 heteroatoms. The van der Waals surface area contributed by atoms with E-state index in [2.05, 4.69) is 10.6 Å². The van der Waals surface area contributed by atoms with E-state index in [9.17, 15) is 9.59 Å². The number of nitrogens with one attached hydrogen (secondary N) is 2. The van der Waals surface area contributed by atoms with Gasteiger partial charge in [0.1, 0.15) is 6.04 Å². The van der Waals surface area contributed by atoms with Crippen molar-refractivity contribution in [2.45, 2.75) is 39.3 Å². The van der Waals surface area contributed by atoms with E-state index in [0.29, 0.717) is 48.2 Å². The summed E-state index contributed by atoms with van der Waals surface area (Å²) in [6.45, 7) is 5.08. The van der Waals surface area contributed by atoms with Gasteiger partial charge in [-0.05, 0) is 47.7 Å². The number of methoxy groups -OCH3 is 2. The maximum Gasteiger partial charge on any atom is 0.318 e. The zero-order chi connectivity index (χ0) is 24.2. The number of rotatable bonds is 7. The quantitative estimate of drug-likeness (QED) is 0.644. The van der Waals surface area contributed by atoms with Gasteiger partial charge in [-0.15, -0.1) is 0 Å². The molecule has 0 saturated heterocycles. The number of anilines is 1. The van der Waals surface area contributed by atoms with Crippen LogP contribution in [0.25, 0.3) is 0 Å². The first-order valence-electron chi connectivity index (χ1n) is 11.4. The molecule has 3 amide bonds. The smallest absolute Gasteiger partial charge is 0.318 e. The largest absolute Gasteiger partial charge is 0.493 e. The summed E-state index contributed by atoms with van der Waals surface area (Å²) in [5.74, 6) is 2.20. The normalized spacial score (nSPS) is 15.7. The molecule has 4 rings (SSSR count). The van der Waals surface area contributed by atoms with Crippen LogP contribution < -0.4 is 29.6 Å². The van der Waals surface area contributed by atoms with Crippen molar-refractivity contribution in [1.82, 2.24) is 10.2 Å². The van der Waals surface area contributed by atoms with E-state index >= 15 is 0 Å². The minimum atomic E-state index is -0.685. The lowest BCUT2D eigenvalue weighted by Crippen LogP contribution is -2.53. The Morgan fingerprint density at radius 2 is 1.76 bits per heavy atom. The van der Waals surface area contributed by atoms with Gasteiger partial charge < -0.3 is 34.5 Å². The summed E-state index contributed by atoms with van der Waals surface area (Å²) in [4.78, 5) is 28.0. The SMILES string of the molecule is CC[C@@H](C)[C@H](NC(=O)N1CCc2cc(OC)c(OC)cc2C1)C(=O)Nc1ccc2c(c1)OCO2. The molecule has 0 fully saturated rings. The van der Waals surface area contributed by atoms with Gasteiger partial charge in [-0.25, -0.2) is 4.79 Å². The molecule has 34 heavy (non-hydrogen) atoms. The van der Waals surface area contributed by atoms with Crippen molar-refractivity contribution >= 4 is 17.6 Å². The Labute approximate surface area is 199 Å². The highest BCUT2D eigenvalue weighted by Gasteiger charge is 2.30. The number of amides is 3. The Kier molecular flexibility index (Phi) is 7.00. The minimum absolute atomic E-state index is 0.0561. The molecule has 0 unspecified atom stereocenters. The van der Waals surface area contributed by atoms with Crippen LogP contribution in [0.5, 0.6) is 23.0 Å². The summed E-state index contributed by atoms with van der Waals surface area (Å²) in [6, 6.07) is 8.14. The Morgan fingerprint density at radius 1 is 1.06 bits per heavy atom. The van der Waals surface area contributed by atoms with Crippen molar-refractivity contribution in [3.8, 4) is 23.0 Å². The maximum atomic E-state index is 13.2. The monoisotopic (exact) mass is 469 g/mol. The third kappa shape index (κ3) is 4.83. The second-order valence-corrected chi connectivity index (χ2v) is 8.52. The molecule has 9 nitrogen and oxygen atoms in total. The van der Waals surface area contributed by atoms with Gasteiger partial charge in [-0.3, -0.25) is 4.79 Å². The fourth-order valence-corrected chi connectivity index (χ4v) is 4.18. The van der Waals surface area contributed by atoms with Crippen molar-refractivity contribution in [3.05, 3.63) is 41.5 Å². The fraction of sp³-hybridized carbons (Fsp3) is 0.440. The number of benzene rings is 2. The van der Waals surface area contributed by atoms with Gasteiger partial charge >= 0.3 is 6.03 Å². The predicted molar refractivity (Wildman–Crippen MR) is 127 cm³/mol. The minimum Gasteiger partial charge on any atom is -0.493 e. The van der Waals surface area contributed by atoms with Crippen LogP contribution in [-0.4, -0.2) is 50.4 Å². The highest BCUT2D eigenvalue weighted by atomic mass is 16.7. The van der Waals surface area contributed by atoms with E-state index in [4.69, 9.17) is 18.9 Å². The first-order valence-corrected chi connectivity index (χ1v) is 11.4. The van der Waals surface area contributed by atoms with Crippen molar-refractivity contribution in [2.24, 2.45) is 5.92 Å². The summed E-state index contributed by atoms with van der Waals surface area (Å²) in [6.07, 6.45) is 1.43. The van der Waals surface area contributed by atoms with Crippen LogP contribution in [0.3, 0.4) is 0 Å². The van der Waals surface area contributed by atoms with E-state index in [1.807, 2.05) is 26.0 Å². The van der Waals surface area contributed by atoms with Gasteiger partial charge in [0.15, 0.2) is 23.0 Å². The van der Waals surface area contributed by atoms with Crippen molar-refractivity contribution < 1.29 is 28.5 Å². The van der Waals surface area contributed by atoms with Crippen molar-refractivity contribution in [3.63, 3.8) is 0 Å². The molecular weight excluding hydrogens is 438 g/mol. The molecule has 2 heterocycles. The van der Waals surface area contributed by atoms with E-state index < -0.39 is 6.04 Å². The van der Waals surface area contributed by atoms with Gasteiger partial charge in [-0.2, -0.15) is 0 Å². The van der Waals surface area contributed by atoms with Crippen LogP contribution in [0, 0.1) is 5.92 Å². The lowest BCUT2D eigenvalue weighted by Gasteiger charge is -2.32. The summed E-state index contributed by atoms with van der Waals surface area (Å²) in [5, 5.41) is 5.86. The molecule has 2 aromatic rings. The first kappa shape index (κ1) is 23.5. The van der Waals surface area contributed by atoms with Gasteiger partial charge in [0.25, 0.3) is 0 Å². The predicted octanol–water partition coefficient (Wildman–Crippen LogP) is 3.55. The molecule has 0 aromatic heterocycles. The van der Waals surface area contributed by atoms with E-state index in [0.717, 1.165) is 17.5 Å². The number of fused-ring (bicyclic) bond motifs is 2. The summed E-state index contributed by atoms with van der Waals surface area (Å²) in [7, 11) is 3.20. The lowest BCUT2D eigenvalue weighted by atomic mass is 9.97. The first-order chi connectivity index (χ1) is 16.4. The Bertz CT molecular complexity index is 1070. The zero-order valence-corrected chi connectivity index (χ0v) is 20.0. The van der Waals surface area contributed by atoms with Crippen LogP contribution >= 0.6 is 0 Å². The van der Waals surface area contributed by atoms with Gasteiger partial charge in [0.05, 0.1) is 14.2 Å². The molecule has 0 spiro atoms. The number of nitrogens with zero attached hydrogens (tertiary/aromatic N) is 1. The van der Waals surface area contributed by atoms with Crippen molar-refractivity contribution in [2.75, 3.05) is 32.9 Å². The summed E-state index contributed by atoms with van der Waals surface area (Å²) >= 11 is 0. The van der Waals surface area contributed by atoms with Crippen LogP contribution in [0.15, 0.2) is 30.3 Å². The highest BCUT2D eigenvalue weighted by Crippen LogP contribution is 2.35. The average Bonchev–Trinajstić information content (AvgIpc) is 3.33. The summed E-state index contributed by atoms with van der Waals surface area (Å²) in [5.41, 5.74) is 2.72. The van der Waals surface area contributed by atoms with Crippen LogP contribution in [0.2, 0.25) is 0 Å². The molecule has 0 bridgehead atoms. The second-order valence-electron chi connectivity index (χ2n) is 8.52. The average molecular weight is 470 g/mol. The van der Waals surface area contributed by atoms with Crippen LogP contribution in [-0.2, 0) is 17.8 Å². The van der Waals surface area contributed by atoms with Crippen molar-refractivity contribution in [1.29, 1.82) is 0 Å². The molecule has 2 aromatic carbocycles. The number of ether oxygens (including phenoxy) is 4. The number of carbonyl (C=O) groups is 2. The number of urea groups is 1. The molecule has 2 aliphatic heterocycles. The number of hydrogen-bond donors (Lipinski definition) is 2. The summed E-state index contributed by atoms with van der Waals surface area (Å²) < 4.78 is 21.5. The maximum absolute atomic E-state index is 13.2. The fourth-order valence-electron chi connectivity index (χ4n) is 4.18. The topological polar surface area (TPSA) is 98.4 Å². The molecule has 2 N–H and O–H groups in total. The second kappa shape index (κ2) is 10.1. The molecule has 2 aliphatic rings. The number of hydrogen-bond acceptors (Lipinski definition) is 6. The van der Waals surface area contributed by atoms with Crippen LogP contribution in [0.4, 0.5) is 10.5 Å². The standard InChI is InChI=1S/C25H31N3O6/c1-5-15(2)23(24(29)26-18-6-7-19-22(12-18)34-14-33-19)27-25(30)28-9-8-16-10-20(31-3)21(32-4)11-17(16)13-28/h6-7,10-12,15,23H,5,8-9,13-14H2,1-4H3,(H,26,29)(H,27,30)/t15-,23+/m1/s1. The number of carbonyl (C=O) groups excluding carboxylic acids is 2. The molecule has 0 saturated carbocycles. The molecule has 0 aliphatic carbocycles. The zero-order valence-electron chi connectivity index (χ0n) is 20.0. The molecule has 0 radical (unpaired) electrons. The van der Waals surface area contributed by atoms with Gasteiger partial charge in [0, 0.05) is 24.8 Å².